The largest absolute Gasteiger partial charge is 0.314 e. The molecule has 0 aliphatic heterocycles. The number of thiazole rings is 1. The van der Waals surface area contributed by atoms with E-state index in [-0.39, 0.29) is 0 Å². The average molecular weight is 182 g/mol. The monoisotopic (exact) mass is 182 g/mol. The summed E-state index contributed by atoms with van der Waals surface area (Å²) in [6, 6.07) is 0.409. The molecule has 1 aromatic rings. The van der Waals surface area contributed by atoms with Crippen LogP contribution in [0.3, 0.4) is 0 Å². The maximum atomic E-state index is 4.32. The fourth-order valence-corrected chi connectivity index (χ4v) is 1.38. The van der Waals surface area contributed by atoms with Crippen LogP contribution in [0.25, 0.3) is 6.08 Å². The smallest absolute Gasteiger partial charge is 0.0901 e. The van der Waals surface area contributed by atoms with Crippen LogP contribution in [0.5, 0.6) is 0 Å². The van der Waals surface area contributed by atoms with Gasteiger partial charge in [0, 0.05) is 11.4 Å². The second-order valence-corrected chi connectivity index (χ2v) is 3.79. The minimum absolute atomic E-state index is 0.409. The van der Waals surface area contributed by atoms with Gasteiger partial charge >= 0.3 is 0 Å². The van der Waals surface area contributed by atoms with Crippen LogP contribution in [-0.4, -0.2) is 18.1 Å². The summed E-state index contributed by atoms with van der Waals surface area (Å²) in [6.07, 6.45) is 4.15. The van der Waals surface area contributed by atoms with Crippen LogP contribution in [0.1, 0.15) is 17.6 Å². The summed E-state index contributed by atoms with van der Waals surface area (Å²) < 4.78 is 0. The molecule has 1 atom stereocenters. The minimum Gasteiger partial charge on any atom is -0.314 e. The highest BCUT2D eigenvalue weighted by molar-refractivity contribution is 7.09. The van der Waals surface area contributed by atoms with Gasteiger partial charge in [0.25, 0.3) is 0 Å². The number of aromatic nitrogens is 1. The molecule has 0 aromatic carbocycles. The molecule has 0 radical (unpaired) electrons. The van der Waals surface area contributed by atoms with E-state index in [1.54, 1.807) is 11.3 Å². The second kappa shape index (κ2) is 4.38. The fraction of sp³-hybridized carbons (Fsp3) is 0.444. The van der Waals surface area contributed by atoms with Crippen molar-refractivity contribution >= 4 is 17.4 Å². The predicted molar refractivity (Wildman–Crippen MR) is 54.4 cm³/mol. The lowest BCUT2D eigenvalue weighted by molar-refractivity contribution is 0.731. The van der Waals surface area contributed by atoms with Gasteiger partial charge in [-0.2, -0.15) is 0 Å². The molecule has 2 nitrogen and oxygen atoms in total. The molecule has 1 unspecified atom stereocenters. The third-order valence-electron chi connectivity index (χ3n) is 1.65. The summed E-state index contributed by atoms with van der Waals surface area (Å²) >= 11 is 1.68. The predicted octanol–water partition coefficient (Wildman–Crippen LogP) is 2.07. The lowest BCUT2D eigenvalue weighted by atomic mass is 10.3. The summed E-state index contributed by atoms with van der Waals surface area (Å²) in [6.45, 7) is 4.12. The van der Waals surface area contributed by atoms with Crippen molar-refractivity contribution in [1.29, 1.82) is 0 Å². The molecule has 1 aromatic heterocycles. The topological polar surface area (TPSA) is 24.9 Å². The first-order valence-corrected chi connectivity index (χ1v) is 4.88. The van der Waals surface area contributed by atoms with E-state index in [1.165, 1.54) is 0 Å². The van der Waals surface area contributed by atoms with Crippen molar-refractivity contribution in [2.24, 2.45) is 0 Å². The Bertz CT molecular complexity index is 265. The van der Waals surface area contributed by atoms with E-state index >= 15 is 0 Å². The van der Waals surface area contributed by atoms with Crippen LogP contribution < -0.4 is 5.32 Å². The van der Waals surface area contributed by atoms with Gasteiger partial charge in [-0.3, -0.25) is 0 Å². The van der Waals surface area contributed by atoms with Gasteiger partial charge in [-0.1, -0.05) is 6.08 Å². The van der Waals surface area contributed by atoms with Gasteiger partial charge in [-0.05, 0) is 27.0 Å². The SMILES string of the molecule is CNC(C)/C=C/c1csc(C)n1. The maximum Gasteiger partial charge on any atom is 0.0901 e. The first-order chi connectivity index (χ1) is 5.72. The number of nitrogens with one attached hydrogen (secondary N) is 1. The zero-order valence-corrected chi connectivity index (χ0v) is 8.48. The molecule has 66 valence electrons. The zero-order chi connectivity index (χ0) is 8.97. The Labute approximate surface area is 77.3 Å². The van der Waals surface area contributed by atoms with Crippen molar-refractivity contribution in [3.05, 3.63) is 22.2 Å². The third-order valence-corrected chi connectivity index (χ3v) is 2.44. The van der Waals surface area contributed by atoms with Crippen molar-refractivity contribution in [3.63, 3.8) is 0 Å². The van der Waals surface area contributed by atoms with E-state index < -0.39 is 0 Å². The number of hydrogen-bond donors (Lipinski definition) is 1. The minimum atomic E-state index is 0.409. The van der Waals surface area contributed by atoms with Crippen LogP contribution in [0.4, 0.5) is 0 Å². The van der Waals surface area contributed by atoms with E-state index in [1.807, 2.05) is 20.0 Å². The lowest BCUT2D eigenvalue weighted by Crippen LogP contribution is -2.17. The van der Waals surface area contributed by atoms with E-state index in [0.29, 0.717) is 6.04 Å². The van der Waals surface area contributed by atoms with Gasteiger partial charge in [0.2, 0.25) is 0 Å². The van der Waals surface area contributed by atoms with Gasteiger partial charge in [-0.25, -0.2) is 4.98 Å². The van der Waals surface area contributed by atoms with Gasteiger partial charge in [0.1, 0.15) is 0 Å². The number of rotatable bonds is 3. The first-order valence-electron chi connectivity index (χ1n) is 4.00. The van der Waals surface area contributed by atoms with Crippen LogP contribution in [0.2, 0.25) is 0 Å². The Hall–Kier alpha value is -0.670. The van der Waals surface area contributed by atoms with E-state index in [4.69, 9.17) is 0 Å². The van der Waals surface area contributed by atoms with Crippen molar-refractivity contribution < 1.29 is 0 Å². The summed E-state index contributed by atoms with van der Waals surface area (Å²) in [4.78, 5) is 4.32. The number of hydrogen-bond acceptors (Lipinski definition) is 3. The fourth-order valence-electron chi connectivity index (χ4n) is 0.796. The Morgan fingerprint density at radius 2 is 2.42 bits per heavy atom. The molecule has 1 rings (SSSR count). The molecule has 1 N–H and O–H groups in total. The van der Waals surface area contributed by atoms with Gasteiger partial charge < -0.3 is 5.32 Å². The van der Waals surface area contributed by atoms with Gasteiger partial charge in [0.05, 0.1) is 10.7 Å². The molecule has 0 saturated heterocycles. The highest BCUT2D eigenvalue weighted by atomic mass is 32.1. The van der Waals surface area contributed by atoms with Crippen molar-refractivity contribution in [1.82, 2.24) is 10.3 Å². The second-order valence-electron chi connectivity index (χ2n) is 2.73. The summed E-state index contributed by atoms with van der Waals surface area (Å²) in [5.74, 6) is 0. The Kier molecular flexibility index (Phi) is 3.44. The molecular formula is C9H14N2S. The van der Waals surface area contributed by atoms with E-state index in [9.17, 15) is 0 Å². The normalized spacial score (nSPS) is 13.9. The summed E-state index contributed by atoms with van der Waals surface area (Å²) in [5, 5.41) is 6.31. The molecule has 0 aliphatic carbocycles. The standard InChI is InChI=1S/C9H14N2S/c1-7(10-3)4-5-9-6-12-8(2)11-9/h4-7,10H,1-3H3/b5-4+. The van der Waals surface area contributed by atoms with Crippen LogP contribution in [0.15, 0.2) is 11.5 Å². The Morgan fingerprint density at radius 3 is 2.92 bits per heavy atom. The molecule has 0 aliphatic rings. The summed E-state index contributed by atoms with van der Waals surface area (Å²) in [5.41, 5.74) is 1.06. The lowest BCUT2D eigenvalue weighted by Gasteiger charge is -2.00. The average Bonchev–Trinajstić information content (AvgIpc) is 2.47. The Balaban J connectivity index is 2.57. The van der Waals surface area contributed by atoms with Crippen molar-refractivity contribution in [2.75, 3.05) is 7.05 Å². The molecule has 0 bridgehead atoms. The van der Waals surface area contributed by atoms with Crippen molar-refractivity contribution in [3.8, 4) is 0 Å². The van der Waals surface area contributed by atoms with Crippen molar-refractivity contribution in [2.45, 2.75) is 19.9 Å². The molecule has 0 amide bonds. The molecule has 0 fully saturated rings. The number of nitrogens with zero attached hydrogens (tertiary/aromatic N) is 1. The Morgan fingerprint density at radius 1 is 1.67 bits per heavy atom. The molecule has 3 heteroatoms. The summed E-state index contributed by atoms with van der Waals surface area (Å²) in [7, 11) is 1.95. The van der Waals surface area contributed by atoms with E-state index in [0.717, 1.165) is 10.7 Å². The molecule has 1 heterocycles. The highest BCUT2D eigenvalue weighted by Crippen LogP contribution is 2.09. The highest BCUT2D eigenvalue weighted by Gasteiger charge is 1.93. The van der Waals surface area contributed by atoms with Crippen LogP contribution in [-0.2, 0) is 0 Å². The molecular weight excluding hydrogens is 168 g/mol. The quantitative estimate of drug-likeness (QED) is 0.774. The number of likely N-dealkylation sites (N-methyl/N-ethyl adjacent to an activating group) is 1. The van der Waals surface area contributed by atoms with E-state index in [2.05, 4.69) is 28.7 Å². The molecule has 12 heavy (non-hydrogen) atoms. The zero-order valence-electron chi connectivity index (χ0n) is 7.66. The molecule has 0 spiro atoms. The van der Waals surface area contributed by atoms with Crippen LogP contribution >= 0.6 is 11.3 Å². The number of aryl methyl sites for hydroxylation is 1. The maximum absolute atomic E-state index is 4.32. The van der Waals surface area contributed by atoms with Gasteiger partial charge in [0.15, 0.2) is 0 Å². The molecule has 0 saturated carbocycles. The van der Waals surface area contributed by atoms with Crippen LogP contribution in [0, 0.1) is 6.92 Å². The first kappa shape index (κ1) is 9.42. The third kappa shape index (κ3) is 2.75. The van der Waals surface area contributed by atoms with Gasteiger partial charge in [-0.15, -0.1) is 11.3 Å².